The summed E-state index contributed by atoms with van der Waals surface area (Å²) in [6.07, 6.45) is 0.890. The van der Waals surface area contributed by atoms with Gasteiger partial charge in [-0.3, -0.25) is 9.69 Å². The molecule has 1 aromatic rings. The van der Waals surface area contributed by atoms with Crippen LogP contribution in [0.5, 0.6) is 0 Å². The van der Waals surface area contributed by atoms with E-state index in [0.29, 0.717) is 37.1 Å². The molecule has 0 bridgehead atoms. The van der Waals surface area contributed by atoms with Gasteiger partial charge in [0.2, 0.25) is 5.91 Å². The van der Waals surface area contributed by atoms with Crippen LogP contribution in [-0.4, -0.2) is 62.3 Å². The fourth-order valence-electron chi connectivity index (χ4n) is 2.32. The first-order valence-corrected chi connectivity index (χ1v) is 10.2. The normalized spacial score (nSPS) is 18.7. The van der Waals surface area contributed by atoms with Crippen molar-refractivity contribution in [1.82, 2.24) is 14.5 Å². The van der Waals surface area contributed by atoms with E-state index in [1.165, 1.54) is 10.4 Å². The number of rotatable bonds is 6. The minimum absolute atomic E-state index is 0.0132. The van der Waals surface area contributed by atoms with Crippen LogP contribution in [0.3, 0.4) is 0 Å². The van der Waals surface area contributed by atoms with Crippen LogP contribution in [0.25, 0.3) is 0 Å². The third-order valence-corrected chi connectivity index (χ3v) is 7.46. The summed E-state index contributed by atoms with van der Waals surface area (Å²) in [6, 6.07) is 3.29. The van der Waals surface area contributed by atoms with Gasteiger partial charge in [0.1, 0.15) is 4.21 Å². The number of amides is 1. The maximum atomic E-state index is 12.5. The molecule has 1 fully saturated rings. The first-order chi connectivity index (χ1) is 10.8. The molecule has 2 heterocycles. The third kappa shape index (κ3) is 4.90. The van der Waals surface area contributed by atoms with Gasteiger partial charge in [0.25, 0.3) is 10.0 Å². The lowest BCUT2D eigenvalue weighted by Gasteiger charge is -2.33. The van der Waals surface area contributed by atoms with Crippen LogP contribution in [0.1, 0.15) is 20.3 Å². The number of hydrogen-bond acceptors (Lipinski definition) is 5. The summed E-state index contributed by atoms with van der Waals surface area (Å²) >= 11 is 6.89. The number of piperazine rings is 1. The SMILES string of the molecule is CCC(C)NC(=O)CN1CCN(S(=O)(=O)c2ccc(Cl)s2)CC1. The standard InChI is InChI=1S/C14H22ClN3O3S2/c1-3-11(2)16-13(19)10-17-6-8-18(9-7-17)23(20,21)14-5-4-12(15)22-14/h4-5,11H,3,6-10H2,1-2H3,(H,16,19). The molecule has 1 aromatic heterocycles. The molecule has 1 saturated heterocycles. The van der Waals surface area contributed by atoms with E-state index in [9.17, 15) is 13.2 Å². The van der Waals surface area contributed by atoms with Crippen molar-refractivity contribution in [2.75, 3.05) is 32.7 Å². The fraction of sp³-hybridized carbons (Fsp3) is 0.643. The lowest BCUT2D eigenvalue weighted by Crippen LogP contribution is -2.51. The van der Waals surface area contributed by atoms with Crippen molar-refractivity contribution in [3.8, 4) is 0 Å². The van der Waals surface area contributed by atoms with E-state index in [-0.39, 0.29) is 16.2 Å². The summed E-state index contributed by atoms with van der Waals surface area (Å²) in [7, 11) is -3.48. The highest BCUT2D eigenvalue weighted by Crippen LogP contribution is 2.28. The number of carbonyl (C=O) groups excluding carboxylic acids is 1. The maximum Gasteiger partial charge on any atom is 0.252 e. The van der Waals surface area contributed by atoms with Crippen LogP contribution in [0.2, 0.25) is 4.34 Å². The van der Waals surface area contributed by atoms with Crippen molar-refractivity contribution in [2.45, 2.75) is 30.5 Å². The first kappa shape index (κ1) is 18.7. The molecule has 1 unspecified atom stereocenters. The number of nitrogens with one attached hydrogen (secondary N) is 1. The fourth-order valence-corrected chi connectivity index (χ4v) is 5.38. The molecule has 0 aromatic carbocycles. The molecule has 0 saturated carbocycles. The Bertz CT molecular complexity index is 639. The zero-order valence-electron chi connectivity index (χ0n) is 13.3. The van der Waals surface area contributed by atoms with E-state index >= 15 is 0 Å². The van der Waals surface area contributed by atoms with Crippen molar-refractivity contribution in [3.63, 3.8) is 0 Å². The van der Waals surface area contributed by atoms with Gasteiger partial charge in [-0.1, -0.05) is 18.5 Å². The molecule has 1 aliphatic heterocycles. The van der Waals surface area contributed by atoms with Gasteiger partial charge in [0.05, 0.1) is 10.9 Å². The van der Waals surface area contributed by atoms with Gasteiger partial charge >= 0.3 is 0 Å². The Balaban J connectivity index is 1.87. The Morgan fingerprint density at radius 1 is 1.35 bits per heavy atom. The summed E-state index contributed by atoms with van der Waals surface area (Å²) in [4.78, 5) is 13.9. The van der Waals surface area contributed by atoms with Crippen molar-refractivity contribution in [2.24, 2.45) is 0 Å². The van der Waals surface area contributed by atoms with Gasteiger partial charge in [0, 0.05) is 32.2 Å². The third-order valence-electron chi connectivity index (χ3n) is 3.86. The average molecular weight is 380 g/mol. The predicted octanol–water partition coefficient (Wildman–Crippen LogP) is 1.62. The molecule has 1 amide bonds. The van der Waals surface area contributed by atoms with Gasteiger partial charge in [-0.15, -0.1) is 11.3 Å². The molecule has 23 heavy (non-hydrogen) atoms. The van der Waals surface area contributed by atoms with Crippen molar-refractivity contribution in [1.29, 1.82) is 0 Å². The van der Waals surface area contributed by atoms with E-state index in [1.54, 1.807) is 6.07 Å². The lowest BCUT2D eigenvalue weighted by molar-refractivity contribution is -0.123. The number of sulfonamides is 1. The second-order valence-corrected chi connectivity index (χ2v) is 9.50. The lowest BCUT2D eigenvalue weighted by atomic mass is 10.2. The van der Waals surface area contributed by atoms with Gasteiger partial charge in [-0.25, -0.2) is 8.42 Å². The quantitative estimate of drug-likeness (QED) is 0.815. The molecule has 0 radical (unpaired) electrons. The van der Waals surface area contributed by atoms with Crippen molar-refractivity contribution >= 4 is 38.9 Å². The molecule has 1 N–H and O–H groups in total. The smallest absolute Gasteiger partial charge is 0.252 e. The van der Waals surface area contributed by atoms with Crippen LogP contribution in [-0.2, 0) is 14.8 Å². The molecule has 6 nitrogen and oxygen atoms in total. The number of nitrogens with zero attached hydrogens (tertiary/aromatic N) is 2. The van der Waals surface area contributed by atoms with Crippen LogP contribution >= 0.6 is 22.9 Å². The molecule has 0 aliphatic carbocycles. The highest BCUT2D eigenvalue weighted by molar-refractivity contribution is 7.91. The molecule has 130 valence electrons. The van der Waals surface area contributed by atoms with E-state index < -0.39 is 10.0 Å². The van der Waals surface area contributed by atoms with E-state index in [0.717, 1.165) is 17.8 Å². The number of halogens is 1. The van der Waals surface area contributed by atoms with Crippen LogP contribution in [0.15, 0.2) is 16.3 Å². The number of carbonyl (C=O) groups is 1. The molecule has 9 heteroatoms. The zero-order valence-corrected chi connectivity index (χ0v) is 15.7. The van der Waals surface area contributed by atoms with Crippen molar-refractivity contribution < 1.29 is 13.2 Å². The maximum absolute atomic E-state index is 12.5. The van der Waals surface area contributed by atoms with Crippen molar-refractivity contribution in [3.05, 3.63) is 16.5 Å². The Hall–Kier alpha value is -0.670. The Morgan fingerprint density at radius 2 is 2.00 bits per heavy atom. The molecule has 1 aliphatic rings. The van der Waals surface area contributed by atoms with Crippen LogP contribution < -0.4 is 5.32 Å². The zero-order chi connectivity index (χ0) is 17.0. The minimum atomic E-state index is -3.48. The summed E-state index contributed by atoms with van der Waals surface area (Å²) in [5.41, 5.74) is 0. The monoisotopic (exact) mass is 379 g/mol. The first-order valence-electron chi connectivity index (χ1n) is 7.60. The second-order valence-electron chi connectivity index (χ2n) is 5.62. The molecule has 2 rings (SSSR count). The average Bonchev–Trinajstić information content (AvgIpc) is 2.95. The van der Waals surface area contributed by atoms with Crippen LogP contribution in [0, 0.1) is 0 Å². The Morgan fingerprint density at radius 3 is 2.52 bits per heavy atom. The van der Waals surface area contributed by atoms with Gasteiger partial charge in [0.15, 0.2) is 0 Å². The van der Waals surface area contributed by atoms with Gasteiger partial charge < -0.3 is 5.32 Å². The van der Waals surface area contributed by atoms with Gasteiger partial charge in [-0.05, 0) is 25.5 Å². The summed E-state index contributed by atoms with van der Waals surface area (Å²) < 4.78 is 27.2. The Labute approximate surface area is 146 Å². The van der Waals surface area contributed by atoms with E-state index in [2.05, 4.69) is 5.32 Å². The van der Waals surface area contributed by atoms with E-state index in [1.807, 2.05) is 18.7 Å². The summed E-state index contributed by atoms with van der Waals surface area (Å²) in [6.45, 7) is 6.16. The van der Waals surface area contributed by atoms with Crippen LogP contribution in [0.4, 0.5) is 0 Å². The molecule has 0 spiro atoms. The molecular weight excluding hydrogens is 358 g/mol. The summed E-state index contributed by atoms with van der Waals surface area (Å²) in [5.74, 6) is -0.0132. The van der Waals surface area contributed by atoms with Gasteiger partial charge in [-0.2, -0.15) is 4.31 Å². The predicted molar refractivity (Wildman–Crippen MR) is 92.4 cm³/mol. The second kappa shape index (κ2) is 7.94. The van der Waals surface area contributed by atoms with E-state index in [4.69, 9.17) is 11.6 Å². The number of hydrogen-bond donors (Lipinski definition) is 1. The highest BCUT2D eigenvalue weighted by Gasteiger charge is 2.30. The molecule has 1 atom stereocenters. The largest absolute Gasteiger partial charge is 0.353 e. The highest BCUT2D eigenvalue weighted by atomic mass is 35.5. The summed E-state index contributed by atoms with van der Waals surface area (Å²) in [5, 5.41) is 2.92. The topological polar surface area (TPSA) is 69.7 Å². The Kier molecular flexibility index (Phi) is 6.44. The minimum Gasteiger partial charge on any atom is -0.353 e. The molecular formula is C14H22ClN3O3S2. The number of thiophene rings is 1.